The normalized spacial score (nSPS) is 10.1. The zero-order valence-corrected chi connectivity index (χ0v) is 11.7. The van der Waals surface area contributed by atoms with Gasteiger partial charge in [0.05, 0.1) is 17.9 Å². The van der Waals surface area contributed by atoms with Gasteiger partial charge >= 0.3 is 5.97 Å². The van der Waals surface area contributed by atoms with E-state index in [-0.39, 0.29) is 5.97 Å². The van der Waals surface area contributed by atoms with E-state index in [4.69, 9.17) is 26.8 Å². The summed E-state index contributed by atoms with van der Waals surface area (Å²) in [6, 6.07) is 11.7. The Bertz CT molecular complexity index is 628. The second-order valence-electron chi connectivity index (χ2n) is 4.03. The number of hydrogen-bond acceptors (Lipinski definition) is 4. The van der Waals surface area contributed by atoms with Crippen molar-refractivity contribution in [1.29, 1.82) is 0 Å². The van der Waals surface area contributed by atoms with E-state index in [1.165, 1.54) is 0 Å². The highest BCUT2D eigenvalue weighted by Gasteiger charge is 2.09. The lowest BCUT2D eigenvalue weighted by Gasteiger charge is -2.09. The maximum absolute atomic E-state index is 11.6. The van der Waals surface area contributed by atoms with Crippen molar-refractivity contribution in [2.45, 2.75) is 6.92 Å². The molecule has 0 bridgehead atoms. The molecule has 0 amide bonds. The maximum atomic E-state index is 11.6. The van der Waals surface area contributed by atoms with Gasteiger partial charge in [0.2, 0.25) is 0 Å². The molecule has 104 valence electrons. The fourth-order valence-corrected chi connectivity index (χ4v) is 1.82. The second kappa shape index (κ2) is 6.30. The van der Waals surface area contributed by atoms with Gasteiger partial charge in [-0.3, -0.25) is 0 Å². The van der Waals surface area contributed by atoms with E-state index in [1.54, 1.807) is 49.4 Å². The van der Waals surface area contributed by atoms with Gasteiger partial charge in [0.1, 0.15) is 11.5 Å². The SMILES string of the molecule is CCOC(=O)c1cccc(Oc2ccc(Cl)cc2N)c1. The first-order valence-corrected chi connectivity index (χ1v) is 6.48. The van der Waals surface area contributed by atoms with Crippen molar-refractivity contribution in [3.05, 3.63) is 53.1 Å². The van der Waals surface area contributed by atoms with E-state index in [0.29, 0.717) is 34.4 Å². The van der Waals surface area contributed by atoms with Crippen LogP contribution in [0.2, 0.25) is 5.02 Å². The van der Waals surface area contributed by atoms with Crippen LogP contribution in [-0.2, 0) is 4.74 Å². The van der Waals surface area contributed by atoms with Crippen LogP contribution in [0, 0.1) is 0 Å². The summed E-state index contributed by atoms with van der Waals surface area (Å²) in [5.74, 6) is 0.599. The molecule has 2 aromatic rings. The van der Waals surface area contributed by atoms with Crippen LogP contribution >= 0.6 is 11.6 Å². The number of halogens is 1. The van der Waals surface area contributed by atoms with Gasteiger partial charge < -0.3 is 15.2 Å². The highest BCUT2D eigenvalue weighted by atomic mass is 35.5. The molecule has 0 saturated heterocycles. The number of esters is 1. The van der Waals surface area contributed by atoms with Gasteiger partial charge in [-0.1, -0.05) is 17.7 Å². The Morgan fingerprint density at radius 1 is 1.25 bits per heavy atom. The van der Waals surface area contributed by atoms with Crippen molar-refractivity contribution in [3.8, 4) is 11.5 Å². The summed E-state index contributed by atoms with van der Waals surface area (Å²) >= 11 is 5.82. The predicted molar refractivity (Wildman–Crippen MR) is 78.3 cm³/mol. The third-order valence-corrected chi connectivity index (χ3v) is 2.78. The van der Waals surface area contributed by atoms with Crippen molar-refractivity contribution in [1.82, 2.24) is 0 Å². The minimum atomic E-state index is -0.387. The number of nitrogen functional groups attached to an aromatic ring is 1. The number of anilines is 1. The molecule has 2 rings (SSSR count). The molecule has 2 aromatic carbocycles. The zero-order valence-electron chi connectivity index (χ0n) is 10.9. The molecule has 0 aliphatic rings. The highest BCUT2D eigenvalue weighted by Crippen LogP contribution is 2.30. The highest BCUT2D eigenvalue weighted by molar-refractivity contribution is 6.30. The monoisotopic (exact) mass is 291 g/mol. The van der Waals surface area contributed by atoms with Crippen LogP contribution in [0.1, 0.15) is 17.3 Å². The van der Waals surface area contributed by atoms with E-state index in [2.05, 4.69) is 0 Å². The number of ether oxygens (including phenoxy) is 2. The Morgan fingerprint density at radius 2 is 2.05 bits per heavy atom. The molecule has 0 heterocycles. The third kappa shape index (κ3) is 3.42. The van der Waals surface area contributed by atoms with Crippen LogP contribution in [0.4, 0.5) is 5.69 Å². The summed E-state index contributed by atoms with van der Waals surface area (Å²) in [5, 5.41) is 0.537. The van der Waals surface area contributed by atoms with Crippen LogP contribution in [0.15, 0.2) is 42.5 Å². The number of carbonyl (C=O) groups excluding carboxylic acids is 1. The Hall–Kier alpha value is -2.20. The molecule has 0 unspecified atom stereocenters. The standard InChI is InChI=1S/C15H14ClNO3/c1-2-19-15(18)10-4-3-5-12(8-10)20-14-7-6-11(16)9-13(14)17/h3-9H,2,17H2,1H3. The largest absolute Gasteiger partial charge is 0.462 e. The quantitative estimate of drug-likeness (QED) is 0.686. The molecule has 0 aliphatic heterocycles. The summed E-state index contributed by atoms with van der Waals surface area (Å²) in [4.78, 5) is 11.6. The lowest BCUT2D eigenvalue weighted by molar-refractivity contribution is 0.0526. The maximum Gasteiger partial charge on any atom is 0.338 e. The lowest BCUT2D eigenvalue weighted by atomic mass is 10.2. The smallest absolute Gasteiger partial charge is 0.338 e. The van der Waals surface area contributed by atoms with Gasteiger partial charge in [0, 0.05) is 5.02 Å². The van der Waals surface area contributed by atoms with E-state index in [0.717, 1.165) is 0 Å². The molecule has 0 atom stereocenters. The van der Waals surface area contributed by atoms with Crippen molar-refractivity contribution < 1.29 is 14.3 Å². The van der Waals surface area contributed by atoms with Crippen molar-refractivity contribution in [3.63, 3.8) is 0 Å². The average Bonchev–Trinajstić information content (AvgIpc) is 2.43. The third-order valence-electron chi connectivity index (χ3n) is 2.54. The summed E-state index contributed by atoms with van der Waals surface area (Å²) in [6.45, 7) is 2.08. The van der Waals surface area contributed by atoms with Gasteiger partial charge in [-0.25, -0.2) is 4.79 Å². The fourth-order valence-electron chi connectivity index (χ4n) is 1.64. The molecular weight excluding hydrogens is 278 g/mol. The Morgan fingerprint density at radius 3 is 2.75 bits per heavy atom. The van der Waals surface area contributed by atoms with Gasteiger partial charge in [-0.2, -0.15) is 0 Å². The van der Waals surface area contributed by atoms with Gasteiger partial charge in [-0.05, 0) is 43.3 Å². The first kappa shape index (κ1) is 14.2. The summed E-state index contributed by atoms with van der Waals surface area (Å²) in [5.41, 5.74) is 6.67. The van der Waals surface area contributed by atoms with E-state index >= 15 is 0 Å². The Balaban J connectivity index is 2.21. The van der Waals surface area contributed by atoms with Crippen molar-refractivity contribution >= 4 is 23.3 Å². The number of hydrogen-bond donors (Lipinski definition) is 1. The van der Waals surface area contributed by atoms with Crippen LogP contribution in [0.3, 0.4) is 0 Å². The molecule has 0 fully saturated rings. The summed E-state index contributed by atoms with van der Waals surface area (Å²) in [7, 11) is 0. The van der Waals surface area contributed by atoms with Gasteiger partial charge in [0.15, 0.2) is 0 Å². The minimum Gasteiger partial charge on any atom is -0.462 e. The molecule has 4 nitrogen and oxygen atoms in total. The van der Waals surface area contributed by atoms with E-state index < -0.39 is 0 Å². The van der Waals surface area contributed by atoms with Crippen molar-refractivity contribution in [2.24, 2.45) is 0 Å². The number of rotatable bonds is 4. The average molecular weight is 292 g/mol. The molecular formula is C15H14ClNO3. The number of nitrogens with two attached hydrogens (primary N) is 1. The lowest BCUT2D eigenvalue weighted by Crippen LogP contribution is -2.04. The van der Waals surface area contributed by atoms with E-state index in [9.17, 15) is 4.79 Å². The summed E-state index contributed by atoms with van der Waals surface area (Å²) in [6.07, 6.45) is 0. The Labute approximate surface area is 122 Å². The first-order valence-electron chi connectivity index (χ1n) is 6.10. The molecule has 2 N–H and O–H groups in total. The topological polar surface area (TPSA) is 61.5 Å². The van der Waals surface area contributed by atoms with E-state index in [1.807, 2.05) is 0 Å². The molecule has 0 radical (unpaired) electrons. The van der Waals surface area contributed by atoms with Gasteiger partial charge in [-0.15, -0.1) is 0 Å². The molecule has 5 heteroatoms. The molecule has 0 aromatic heterocycles. The zero-order chi connectivity index (χ0) is 14.5. The second-order valence-corrected chi connectivity index (χ2v) is 4.47. The number of benzene rings is 2. The predicted octanol–water partition coefficient (Wildman–Crippen LogP) is 3.89. The van der Waals surface area contributed by atoms with Crippen LogP contribution in [-0.4, -0.2) is 12.6 Å². The molecule has 20 heavy (non-hydrogen) atoms. The molecule has 0 saturated carbocycles. The van der Waals surface area contributed by atoms with Gasteiger partial charge in [0.25, 0.3) is 0 Å². The minimum absolute atomic E-state index is 0.327. The van der Waals surface area contributed by atoms with Crippen LogP contribution in [0.25, 0.3) is 0 Å². The fraction of sp³-hybridized carbons (Fsp3) is 0.133. The first-order chi connectivity index (χ1) is 9.60. The van der Waals surface area contributed by atoms with Crippen molar-refractivity contribution in [2.75, 3.05) is 12.3 Å². The molecule has 0 aliphatic carbocycles. The molecule has 0 spiro atoms. The van der Waals surface area contributed by atoms with Crippen LogP contribution < -0.4 is 10.5 Å². The van der Waals surface area contributed by atoms with Crippen LogP contribution in [0.5, 0.6) is 11.5 Å². The summed E-state index contributed by atoms with van der Waals surface area (Å²) < 4.78 is 10.6. The Kier molecular flexibility index (Phi) is 4.48. The number of carbonyl (C=O) groups is 1.